The third-order valence-corrected chi connectivity index (χ3v) is 4.94. The molecule has 2 aromatic carbocycles. The molecule has 1 heterocycles. The van der Waals surface area contributed by atoms with Crippen LogP contribution < -0.4 is 18.9 Å². The van der Waals surface area contributed by atoms with Gasteiger partial charge in [-0.15, -0.1) is 0 Å². The number of aryl methyl sites for hydroxylation is 1. The summed E-state index contributed by atoms with van der Waals surface area (Å²) in [4.78, 5) is 15.5. The molecule has 0 amide bonds. The minimum absolute atomic E-state index is 0.271. The second-order valence-corrected chi connectivity index (χ2v) is 7.29. The van der Waals surface area contributed by atoms with Gasteiger partial charge < -0.3 is 18.9 Å². The normalized spacial score (nSPS) is 10.6. The van der Waals surface area contributed by atoms with Crippen molar-refractivity contribution in [2.75, 3.05) is 49.1 Å². The van der Waals surface area contributed by atoms with Gasteiger partial charge in [0.1, 0.15) is 11.4 Å². The molecule has 168 valence electrons. The first kappa shape index (κ1) is 23.0. The molecular formula is C24H27N3O5. The van der Waals surface area contributed by atoms with Crippen LogP contribution in [0, 0.1) is 11.8 Å². The number of carbonyl (C=O) groups is 1. The molecule has 3 rings (SSSR count). The number of ketones is 1. The maximum Gasteiger partial charge on any atom is 0.214 e. The first-order valence-electron chi connectivity index (χ1n) is 9.88. The summed E-state index contributed by atoms with van der Waals surface area (Å²) in [5, 5.41) is 5.20. The molecule has 1 aromatic heterocycles. The number of carbonyl (C=O) groups excluding carboxylic acids is 1. The topological polar surface area (TPSA) is 75.1 Å². The van der Waals surface area contributed by atoms with E-state index in [0.29, 0.717) is 51.7 Å². The van der Waals surface area contributed by atoms with Crippen molar-refractivity contribution in [2.24, 2.45) is 7.05 Å². The summed E-state index contributed by atoms with van der Waals surface area (Å²) in [6.07, 6.45) is 0. The Morgan fingerprint density at radius 2 is 1.62 bits per heavy atom. The average molecular weight is 437 g/mol. The van der Waals surface area contributed by atoms with Crippen molar-refractivity contribution in [1.29, 1.82) is 0 Å². The minimum Gasteiger partial charge on any atom is -0.495 e. The Morgan fingerprint density at radius 1 is 1.00 bits per heavy atom. The molecule has 0 bridgehead atoms. The van der Waals surface area contributed by atoms with E-state index in [1.807, 2.05) is 25.1 Å². The Hall–Kier alpha value is -3.70. The van der Waals surface area contributed by atoms with Gasteiger partial charge in [-0.05, 0) is 38.4 Å². The predicted octanol–water partition coefficient (Wildman–Crippen LogP) is 2.75. The summed E-state index contributed by atoms with van der Waals surface area (Å²) >= 11 is 0. The first-order chi connectivity index (χ1) is 15.4. The molecule has 3 aromatic rings. The van der Waals surface area contributed by atoms with E-state index in [0.717, 1.165) is 5.52 Å². The molecule has 0 N–H and O–H groups in total. The van der Waals surface area contributed by atoms with E-state index in [1.54, 1.807) is 37.0 Å². The van der Waals surface area contributed by atoms with E-state index in [9.17, 15) is 4.79 Å². The van der Waals surface area contributed by atoms with Gasteiger partial charge in [0, 0.05) is 18.0 Å². The molecule has 0 aliphatic rings. The Morgan fingerprint density at radius 3 is 2.16 bits per heavy atom. The molecule has 0 saturated heterocycles. The number of benzene rings is 2. The van der Waals surface area contributed by atoms with Gasteiger partial charge in [-0.25, -0.2) is 0 Å². The summed E-state index contributed by atoms with van der Waals surface area (Å²) < 4.78 is 23.3. The molecule has 32 heavy (non-hydrogen) atoms. The molecule has 8 heteroatoms. The summed E-state index contributed by atoms with van der Waals surface area (Å²) in [6, 6.07) is 6.86. The van der Waals surface area contributed by atoms with Crippen molar-refractivity contribution in [2.45, 2.75) is 0 Å². The van der Waals surface area contributed by atoms with Gasteiger partial charge in [-0.2, -0.15) is 5.10 Å². The highest BCUT2D eigenvalue weighted by Gasteiger charge is 2.24. The number of methoxy groups -OCH3 is 4. The van der Waals surface area contributed by atoms with Crippen LogP contribution in [0.25, 0.3) is 10.9 Å². The molecule has 0 saturated carbocycles. The highest BCUT2D eigenvalue weighted by atomic mass is 16.5. The lowest BCUT2D eigenvalue weighted by atomic mass is 10.0. The lowest BCUT2D eigenvalue weighted by Crippen LogP contribution is -2.10. The molecule has 0 spiro atoms. The predicted molar refractivity (Wildman–Crippen MR) is 122 cm³/mol. The number of aromatic nitrogens is 2. The lowest BCUT2D eigenvalue weighted by Gasteiger charge is -2.13. The number of hydrogen-bond donors (Lipinski definition) is 0. The quantitative estimate of drug-likeness (QED) is 0.416. The zero-order valence-corrected chi connectivity index (χ0v) is 19.4. The van der Waals surface area contributed by atoms with Crippen LogP contribution in [-0.2, 0) is 7.05 Å². The van der Waals surface area contributed by atoms with E-state index in [1.165, 1.54) is 21.3 Å². The first-order valence-corrected chi connectivity index (χ1v) is 9.88. The zero-order chi connectivity index (χ0) is 23.4. The average Bonchev–Trinajstić information content (AvgIpc) is 3.13. The second kappa shape index (κ2) is 9.62. The van der Waals surface area contributed by atoms with E-state index in [2.05, 4.69) is 16.9 Å². The maximum absolute atomic E-state index is 13.5. The largest absolute Gasteiger partial charge is 0.495 e. The highest BCUT2D eigenvalue weighted by molar-refractivity contribution is 6.16. The van der Waals surface area contributed by atoms with Crippen molar-refractivity contribution in [3.8, 4) is 34.8 Å². The number of rotatable bonds is 7. The third-order valence-electron chi connectivity index (χ3n) is 4.94. The van der Waals surface area contributed by atoms with Gasteiger partial charge in [-0.1, -0.05) is 11.8 Å². The summed E-state index contributed by atoms with van der Waals surface area (Å²) in [5.41, 5.74) is 2.09. The van der Waals surface area contributed by atoms with Crippen LogP contribution in [0.1, 0.15) is 21.6 Å². The van der Waals surface area contributed by atoms with Crippen molar-refractivity contribution in [3.63, 3.8) is 0 Å². The van der Waals surface area contributed by atoms with Gasteiger partial charge >= 0.3 is 0 Å². The van der Waals surface area contributed by atoms with Crippen LogP contribution in [0.2, 0.25) is 0 Å². The highest BCUT2D eigenvalue weighted by Crippen LogP contribution is 2.39. The molecule has 0 aliphatic carbocycles. The molecule has 0 fully saturated rings. The van der Waals surface area contributed by atoms with Crippen LogP contribution in [0.5, 0.6) is 23.0 Å². The molecule has 0 atom stereocenters. The fourth-order valence-electron chi connectivity index (χ4n) is 3.45. The Balaban J connectivity index is 2.18. The van der Waals surface area contributed by atoms with Crippen molar-refractivity contribution in [3.05, 3.63) is 41.1 Å². The van der Waals surface area contributed by atoms with Crippen molar-refractivity contribution >= 4 is 16.7 Å². The number of fused-ring (bicyclic) bond motifs is 1. The smallest absolute Gasteiger partial charge is 0.214 e. The van der Waals surface area contributed by atoms with E-state index in [4.69, 9.17) is 18.9 Å². The Labute approximate surface area is 187 Å². The van der Waals surface area contributed by atoms with Gasteiger partial charge in [0.25, 0.3) is 0 Å². The minimum atomic E-state index is -0.271. The standard InChI is InChI=1S/C24H27N3O5/c1-26(2)12-8-9-16-18(29-4)11-10-17-21(25-27(3)22(16)17)23(28)15-13-19(30-5)24(32-7)20(14-15)31-6/h10-11,13-14H,12H2,1-7H3. The monoisotopic (exact) mass is 437 g/mol. The summed E-state index contributed by atoms with van der Waals surface area (Å²) in [5.74, 6) is 7.87. The molecule has 8 nitrogen and oxygen atoms in total. The van der Waals surface area contributed by atoms with Crippen LogP contribution in [0.15, 0.2) is 24.3 Å². The molecule has 0 radical (unpaired) electrons. The van der Waals surface area contributed by atoms with Crippen LogP contribution in [0.4, 0.5) is 0 Å². The number of nitrogens with zero attached hydrogens (tertiary/aromatic N) is 3. The zero-order valence-electron chi connectivity index (χ0n) is 19.4. The van der Waals surface area contributed by atoms with Gasteiger partial charge in [0.2, 0.25) is 11.5 Å². The second-order valence-electron chi connectivity index (χ2n) is 7.29. The molecule has 0 unspecified atom stereocenters. The van der Waals surface area contributed by atoms with Crippen LogP contribution >= 0.6 is 0 Å². The lowest BCUT2D eigenvalue weighted by molar-refractivity contribution is 0.103. The SMILES string of the molecule is COc1cc(C(=O)c2nn(C)c3c(C#CCN(C)C)c(OC)ccc23)cc(OC)c1OC. The number of ether oxygens (including phenoxy) is 4. The van der Waals surface area contributed by atoms with E-state index < -0.39 is 0 Å². The Kier molecular flexibility index (Phi) is 6.91. The van der Waals surface area contributed by atoms with Crippen molar-refractivity contribution < 1.29 is 23.7 Å². The van der Waals surface area contributed by atoms with E-state index >= 15 is 0 Å². The van der Waals surface area contributed by atoms with Crippen molar-refractivity contribution in [1.82, 2.24) is 14.7 Å². The van der Waals surface area contributed by atoms with Gasteiger partial charge in [0.15, 0.2) is 11.5 Å². The van der Waals surface area contributed by atoms with Crippen LogP contribution in [0.3, 0.4) is 0 Å². The molecule has 0 aliphatic heterocycles. The fraction of sp³-hybridized carbons (Fsp3) is 0.333. The third kappa shape index (κ3) is 4.20. The van der Waals surface area contributed by atoms with Crippen LogP contribution in [-0.4, -0.2) is 69.5 Å². The Bertz CT molecular complexity index is 1190. The maximum atomic E-state index is 13.5. The fourth-order valence-corrected chi connectivity index (χ4v) is 3.45. The van der Waals surface area contributed by atoms with Gasteiger partial charge in [-0.3, -0.25) is 14.4 Å². The molecular weight excluding hydrogens is 410 g/mol. The summed E-state index contributed by atoms with van der Waals surface area (Å²) in [7, 11) is 11.8. The van der Waals surface area contributed by atoms with E-state index in [-0.39, 0.29) is 5.78 Å². The summed E-state index contributed by atoms with van der Waals surface area (Å²) in [6.45, 7) is 0.592. The number of hydrogen-bond acceptors (Lipinski definition) is 7. The van der Waals surface area contributed by atoms with Gasteiger partial charge in [0.05, 0.1) is 46.1 Å².